The Morgan fingerprint density at radius 3 is 2.39 bits per heavy atom. The van der Waals surface area contributed by atoms with Crippen LogP contribution in [0.3, 0.4) is 0 Å². The van der Waals surface area contributed by atoms with Gasteiger partial charge >= 0.3 is 5.97 Å². The third kappa shape index (κ3) is 5.94. The molecule has 1 N–H and O–H groups in total. The van der Waals surface area contributed by atoms with E-state index in [0.717, 1.165) is 10.4 Å². The zero-order valence-electron chi connectivity index (χ0n) is 17.0. The van der Waals surface area contributed by atoms with Crippen LogP contribution in [0.15, 0.2) is 65.7 Å². The zero-order valence-corrected chi connectivity index (χ0v) is 20.0. The second-order valence-corrected chi connectivity index (χ2v) is 9.78. The van der Waals surface area contributed by atoms with E-state index in [9.17, 15) is 18.0 Å². The fourth-order valence-electron chi connectivity index (χ4n) is 2.64. The highest BCUT2D eigenvalue weighted by Crippen LogP contribution is 2.26. The van der Waals surface area contributed by atoms with Crippen molar-refractivity contribution in [2.24, 2.45) is 0 Å². The van der Waals surface area contributed by atoms with Gasteiger partial charge in [-0.05, 0) is 36.4 Å². The van der Waals surface area contributed by atoms with E-state index in [0.29, 0.717) is 5.69 Å². The van der Waals surface area contributed by atoms with Crippen molar-refractivity contribution in [2.45, 2.75) is 4.90 Å². The maximum Gasteiger partial charge on any atom is 0.340 e. The number of aromatic nitrogens is 1. The summed E-state index contributed by atoms with van der Waals surface area (Å²) >= 11 is 17.8. The van der Waals surface area contributed by atoms with Gasteiger partial charge < -0.3 is 10.1 Å². The van der Waals surface area contributed by atoms with Crippen LogP contribution in [-0.2, 0) is 19.6 Å². The molecule has 0 fully saturated rings. The molecule has 3 rings (SSSR count). The van der Waals surface area contributed by atoms with E-state index in [4.69, 9.17) is 39.5 Å². The van der Waals surface area contributed by atoms with Gasteiger partial charge in [0.25, 0.3) is 15.9 Å². The van der Waals surface area contributed by atoms with Crippen LogP contribution in [0.5, 0.6) is 0 Å². The number of hydrogen-bond acceptors (Lipinski definition) is 6. The number of anilines is 2. The lowest BCUT2D eigenvalue weighted by atomic mass is 10.2. The number of nitrogens with one attached hydrogen (secondary N) is 1. The molecular formula is C21H16Cl3N3O5S. The first-order chi connectivity index (χ1) is 15.6. The zero-order chi connectivity index (χ0) is 24.2. The molecule has 0 aliphatic carbocycles. The molecule has 0 saturated heterocycles. The number of esters is 1. The Labute approximate surface area is 205 Å². The van der Waals surface area contributed by atoms with E-state index in [1.807, 2.05) is 0 Å². The van der Waals surface area contributed by atoms with Crippen molar-refractivity contribution in [3.05, 3.63) is 81.4 Å². The van der Waals surface area contributed by atoms with Gasteiger partial charge in [-0.25, -0.2) is 18.2 Å². The number of halogens is 3. The number of ether oxygens (including phenoxy) is 1. The normalized spacial score (nSPS) is 11.0. The van der Waals surface area contributed by atoms with Crippen molar-refractivity contribution in [2.75, 3.05) is 23.3 Å². The summed E-state index contributed by atoms with van der Waals surface area (Å²) in [6.45, 7) is -0.684. The van der Waals surface area contributed by atoms with Crippen molar-refractivity contribution in [3.63, 3.8) is 0 Å². The molecule has 2 aromatic carbocycles. The maximum atomic E-state index is 13.0. The molecule has 1 aromatic heterocycles. The van der Waals surface area contributed by atoms with Gasteiger partial charge in [0.1, 0.15) is 0 Å². The number of carbonyl (C=O) groups excluding carboxylic acids is 2. The van der Waals surface area contributed by atoms with Crippen molar-refractivity contribution in [1.29, 1.82) is 0 Å². The molecule has 172 valence electrons. The van der Waals surface area contributed by atoms with Gasteiger partial charge in [-0.15, -0.1) is 0 Å². The van der Waals surface area contributed by atoms with Crippen LogP contribution in [0.2, 0.25) is 15.1 Å². The van der Waals surface area contributed by atoms with Crippen LogP contribution in [0.1, 0.15) is 10.4 Å². The minimum Gasteiger partial charge on any atom is -0.452 e. The van der Waals surface area contributed by atoms with E-state index in [2.05, 4.69) is 10.3 Å². The van der Waals surface area contributed by atoms with Crippen LogP contribution in [0, 0.1) is 0 Å². The SMILES string of the molecule is CN(c1ccccc1)S(=O)(=O)c1ccc(Cl)c(C(=O)OCC(=O)Nc2ncc(Cl)cc2Cl)c1. The summed E-state index contributed by atoms with van der Waals surface area (Å²) in [5.74, 6) is -1.66. The lowest BCUT2D eigenvalue weighted by Crippen LogP contribution is -2.27. The number of sulfonamides is 1. The van der Waals surface area contributed by atoms with Crippen molar-refractivity contribution >= 4 is 68.2 Å². The molecule has 12 heteroatoms. The van der Waals surface area contributed by atoms with Crippen LogP contribution in [0.25, 0.3) is 0 Å². The molecule has 33 heavy (non-hydrogen) atoms. The van der Waals surface area contributed by atoms with Gasteiger partial charge in [0, 0.05) is 13.2 Å². The van der Waals surface area contributed by atoms with E-state index in [1.54, 1.807) is 30.3 Å². The highest BCUT2D eigenvalue weighted by atomic mass is 35.5. The summed E-state index contributed by atoms with van der Waals surface area (Å²) in [5.41, 5.74) is 0.220. The van der Waals surface area contributed by atoms with E-state index < -0.39 is 28.5 Å². The first-order valence-electron chi connectivity index (χ1n) is 9.21. The van der Waals surface area contributed by atoms with Gasteiger partial charge in [0.15, 0.2) is 12.4 Å². The second kappa shape index (κ2) is 10.4. The van der Waals surface area contributed by atoms with Gasteiger partial charge in [-0.2, -0.15) is 0 Å². The Balaban J connectivity index is 1.73. The summed E-state index contributed by atoms with van der Waals surface area (Å²) in [4.78, 5) is 28.3. The molecule has 8 nitrogen and oxygen atoms in total. The van der Waals surface area contributed by atoms with Crippen molar-refractivity contribution in [3.8, 4) is 0 Å². The summed E-state index contributed by atoms with van der Waals surface area (Å²) in [6.07, 6.45) is 1.28. The molecule has 0 atom stereocenters. The third-order valence-electron chi connectivity index (χ3n) is 4.34. The summed E-state index contributed by atoms with van der Waals surface area (Å²) in [7, 11) is -2.60. The number of rotatable bonds is 7. The Bertz CT molecular complexity index is 1300. The number of carbonyl (C=O) groups is 2. The summed E-state index contributed by atoms with van der Waals surface area (Å²) in [6, 6.07) is 13.4. The largest absolute Gasteiger partial charge is 0.452 e. The molecule has 1 heterocycles. The quantitative estimate of drug-likeness (QED) is 0.447. The monoisotopic (exact) mass is 527 g/mol. The van der Waals surface area contributed by atoms with E-state index in [1.165, 1.54) is 31.4 Å². The van der Waals surface area contributed by atoms with E-state index in [-0.39, 0.29) is 31.3 Å². The topological polar surface area (TPSA) is 106 Å². The molecule has 0 aliphatic heterocycles. The van der Waals surface area contributed by atoms with Crippen LogP contribution in [-0.4, -0.2) is 38.9 Å². The number of amides is 1. The van der Waals surface area contributed by atoms with Gasteiger partial charge in [0.2, 0.25) is 0 Å². The third-order valence-corrected chi connectivity index (χ3v) is 6.94. The van der Waals surface area contributed by atoms with Crippen molar-refractivity contribution < 1.29 is 22.7 Å². The highest BCUT2D eigenvalue weighted by molar-refractivity contribution is 7.92. The first kappa shape index (κ1) is 24.8. The van der Waals surface area contributed by atoms with Crippen LogP contribution >= 0.6 is 34.8 Å². The smallest absolute Gasteiger partial charge is 0.340 e. The van der Waals surface area contributed by atoms with Crippen molar-refractivity contribution in [1.82, 2.24) is 4.98 Å². The second-order valence-electron chi connectivity index (χ2n) is 6.56. The summed E-state index contributed by atoms with van der Waals surface area (Å²) < 4.78 is 32.0. The molecular weight excluding hydrogens is 513 g/mol. The molecule has 0 unspecified atom stereocenters. The highest BCUT2D eigenvalue weighted by Gasteiger charge is 2.24. The Morgan fingerprint density at radius 2 is 1.73 bits per heavy atom. The van der Waals surface area contributed by atoms with Crippen LogP contribution < -0.4 is 9.62 Å². The molecule has 0 bridgehead atoms. The van der Waals surface area contributed by atoms with Gasteiger partial charge in [0.05, 0.1) is 31.2 Å². The molecule has 0 spiro atoms. The minimum atomic E-state index is -3.99. The molecule has 3 aromatic rings. The maximum absolute atomic E-state index is 13.0. The first-order valence-corrected chi connectivity index (χ1v) is 11.8. The lowest BCUT2D eigenvalue weighted by molar-refractivity contribution is -0.119. The minimum absolute atomic E-state index is 0.0378. The average Bonchev–Trinajstić information content (AvgIpc) is 2.79. The average molecular weight is 529 g/mol. The molecule has 1 amide bonds. The summed E-state index contributed by atoms with van der Waals surface area (Å²) in [5, 5.41) is 2.72. The molecule has 0 saturated carbocycles. The van der Waals surface area contributed by atoms with Gasteiger partial charge in [-0.3, -0.25) is 9.10 Å². The Hall–Kier alpha value is -2.85. The fourth-order valence-corrected chi connectivity index (χ4v) is 4.48. The standard InChI is InChI=1S/C21H16Cl3N3O5S/c1-27(14-5-3-2-4-6-14)33(30,31)15-7-8-17(23)16(10-15)21(29)32-12-19(28)26-20-18(24)9-13(22)11-25-20/h2-11H,12H2,1H3,(H,25,26,28). The lowest BCUT2D eigenvalue weighted by Gasteiger charge is -2.20. The fraction of sp³-hybridized carbons (Fsp3) is 0.0952. The van der Waals surface area contributed by atoms with E-state index >= 15 is 0 Å². The van der Waals surface area contributed by atoms with Gasteiger partial charge in [-0.1, -0.05) is 53.0 Å². The van der Waals surface area contributed by atoms with Crippen LogP contribution in [0.4, 0.5) is 11.5 Å². The number of nitrogens with zero attached hydrogens (tertiary/aromatic N) is 2. The number of pyridine rings is 1. The Morgan fingerprint density at radius 1 is 1.03 bits per heavy atom. The predicted molar refractivity (Wildman–Crippen MR) is 127 cm³/mol. The Kier molecular flexibility index (Phi) is 7.80. The number of benzene rings is 2. The molecule has 0 aliphatic rings. The molecule has 0 radical (unpaired) electrons. The number of hydrogen-bond donors (Lipinski definition) is 1. The predicted octanol–water partition coefficient (Wildman–Crippen LogP) is 4.66. The number of para-hydroxylation sites is 1.